The number of para-hydroxylation sites is 1. The predicted octanol–water partition coefficient (Wildman–Crippen LogP) is 2.59. The lowest BCUT2D eigenvalue weighted by Crippen LogP contribution is -2.37. The Morgan fingerprint density at radius 2 is 2.20 bits per heavy atom. The first-order valence-corrected chi connectivity index (χ1v) is 7.56. The molecule has 1 unspecified atom stereocenters. The smallest absolute Gasteiger partial charge is 0.144 e. The molecule has 4 heteroatoms. The van der Waals surface area contributed by atoms with Crippen LogP contribution in [0.25, 0.3) is 0 Å². The van der Waals surface area contributed by atoms with E-state index in [-0.39, 0.29) is 0 Å². The largest absolute Gasteiger partial charge is 0.491 e. The summed E-state index contributed by atoms with van der Waals surface area (Å²) in [5.41, 5.74) is 8.23. The molecule has 0 radical (unpaired) electrons. The maximum Gasteiger partial charge on any atom is 0.144 e. The van der Waals surface area contributed by atoms with Gasteiger partial charge in [-0.2, -0.15) is 0 Å². The van der Waals surface area contributed by atoms with Gasteiger partial charge in [0.1, 0.15) is 5.75 Å². The van der Waals surface area contributed by atoms with E-state index in [0.29, 0.717) is 6.04 Å². The van der Waals surface area contributed by atoms with Crippen molar-refractivity contribution in [1.82, 2.24) is 4.90 Å². The van der Waals surface area contributed by atoms with Crippen LogP contribution in [0.5, 0.6) is 5.75 Å². The van der Waals surface area contributed by atoms with Crippen LogP contribution in [0.3, 0.4) is 0 Å². The van der Waals surface area contributed by atoms with E-state index in [9.17, 15) is 0 Å². The summed E-state index contributed by atoms with van der Waals surface area (Å²) in [5, 5.41) is 0. The Labute approximate surface area is 122 Å². The number of hydrogen-bond donors (Lipinski definition) is 1. The van der Waals surface area contributed by atoms with Crippen molar-refractivity contribution in [2.45, 2.75) is 32.2 Å². The van der Waals surface area contributed by atoms with Gasteiger partial charge in [0.15, 0.2) is 0 Å². The van der Waals surface area contributed by atoms with Gasteiger partial charge >= 0.3 is 0 Å². The molecule has 0 saturated carbocycles. The van der Waals surface area contributed by atoms with Crippen molar-refractivity contribution < 1.29 is 4.74 Å². The molecule has 0 spiro atoms. The lowest BCUT2D eigenvalue weighted by Gasteiger charge is -2.30. The van der Waals surface area contributed by atoms with Crippen LogP contribution in [0, 0.1) is 0 Å². The monoisotopic (exact) mass is 277 g/mol. The lowest BCUT2D eigenvalue weighted by molar-refractivity contribution is 0.319. The Kier molecular flexibility index (Phi) is 5.12. The molecule has 1 aromatic carbocycles. The van der Waals surface area contributed by atoms with Gasteiger partial charge in [0.05, 0.1) is 18.0 Å². The van der Waals surface area contributed by atoms with Gasteiger partial charge in [-0.15, -0.1) is 0 Å². The summed E-state index contributed by atoms with van der Waals surface area (Å²) >= 11 is 0. The molecule has 1 aliphatic rings. The molecule has 112 valence electrons. The summed E-state index contributed by atoms with van der Waals surface area (Å²) < 4.78 is 5.74. The Bertz CT molecular complexity index is 434. The van der Waals surface area contributed by atoms with Crippen LogP contribution >= 0.6 is 0 Å². The van der Waals surface area contributed by atoms with Crippen molar-refractivity contribution in [2.75, 3.05) is 44.4 Å². The van der Waals surface area contributed by atoms with E-state index in [1.54, 1.807) is 0 Å². The first kappa shape index (κ1) is 15.0. The van der Waals surface area contributed by atoms with E-state index in [1.165, 1.54) is 12.8 Å². The molecule has 0 aromatic heterocycles. The average molecular weight is 277 g/mol. The molecule has 1 atom stereocenters. The lowest BCUT2D eigenvalue weighted by atomic mass is 10.1. The van der Waals surface area contributed by atoms with Gasteiger partial charge in [-0.3, -0.25) is 0 Å². The zero-order valence-corrected chi connectivity index (χ0v) is 12.9. The first-order valence-electron chi connectivity index (χ1n) is 7.56. The molecule has 1 aromatic rings. The van der Waals surface area contributed by atoms with Crippen molar-refractivity contribution >= 4 is 11.4 Å². The topological polar surface area (TPSA) is 41.7 Å². The number of nitrogen functional groups attached to an aromatic ring is 1. The molecule has 0 bridgehead atoms. The summed E-state index contributed by atoms with van der Waals surface area (Å²) in [5.74, 6) is 0.819. The molecule has 1 saturated heterocycles. The van der Waals surface area contributed by atoms with E-state index >= 15 is 0 Å². The van der Waals surface area contributed by atoms with Crippen molar-refractivity contribution in [2.24, 2.45) is 0 Å². The highest BCUT2D eigenvalue weighted by Crippen LogP contribution is 2.36. The highest BCUT2D eigenvalue weighted by molar-refractivity contribution is 5.74. The van der Waals surface area contributed by atoms with Crippen LogP contribution in [0.15, 0.2) is 18.2 Å². The zero-order chi connectivity index (χ0) is 14.5. The molecule has 0 aliphatic carbocycles. The molecule has 2 rings (SSSR count). The number of rotatable bonds is 6. The van der Waals surface area contributed by atoms with Crippen molar-refractivity contribution in [1.29, 1.82) is 0 Å². The summed E-state index contributed by atoms with van der Waals surface area (Å²) in [7, 11) is 4.25. The summed E-state index contributed by atoms with van der Waals surface area (Å²) in [6.07, 6.45) is 3.46. The van der Waals surface area contributed by atoms with Crippen LogP contribution in [0.1, 0.15) is 26.2 Å². The van der Waals surface area contributed by atoms with Gasteiger partial charge in [-0.1, -0.05) is 13.0 Å². The third kappa shape index (κ3) is 3.37. The summed E-state index contributed by atoms with van der Waals surface area (Å²) in [4.78, 5) is 4.69. The minimum atomic E-state index is 0.550. The Morgan fingerprint density at radius 3 is 2.90 bits per heavy atom. The number of ether oxygens (including phenoxy) is 1. The molecule has 2 N–H and O–H groups in total. The quantitative estimate of drug-likeness (QED) is 0.812. The normalized spacial score (nSPS) is 18.8. The molecule has 1 fully saturated rings. The molecule has 0 amide bonds. The minimum absolute atomic E-state index is 0.550. The molecule has 4 nitrogen and oxygen atoms in total. The summed E-state index contributed by atoms with van der Waals surface area (Å²) in [6.45, 7) is 4.97. The minimum Gasteiger partial charge on any atom is -0.491 e. The standard InChI is InChI=1S/C16H27N3O/c1-4-11-20-15-9-5-8-14(16(15)17)19-10-6-7-13(19)12-18(2)3/h5,8-9,13H,4,6-7,10-12,17H2,1-3H3. The van der Waals surface area contributed by atoms with Gasteiger partial charge in [0.25, 0.3) is 0 Å². The van der Waals surface area contributed by atoms with Crippen LogP contribution in [0.2, 0.25) is 0 Å². The van der Waals surface area contributed by atoms with Crippen LogP contribution in [0.4, 0.5) is 11.4 Å². The Balaban J connectivity index is 2.18. The van der Waals surface area contributed by atoms with Gasteiger partial charge in [0, 0.05) is 19.1 Å². The number of anilines is 2. The second-order valence-corrected chi connectivity index (χ2v) is 5.79. The van der Waals surface area contributed by atoms with E-state index in [2.05, 4.69) is 36.9 Å². The third-order valence-corrected chi connectivity index (χ3v) is 3.77. The van der Waals surface area contributed by atoms with Crippen molar-refractivity contribution in [3.63, 3.8) is 0 Å². The van der Waals surface area contributed by atoms with Crippen LogP contribution in [-0.4, -0.2) is 44.7 Å². The fourth-order valence-corrected chi connectivity index (χ4v) is 2.88. The maximum atomic E-state index is 6.32. The molecular weight excluding hydrogens is 250 g/mol. The van der Waals surface area contributed by atoms with Gasteiger partial charge in [0.2, 0.25) is 0 Å². The van der Waals surface area contributed by atoms with E-state index in [1.807, 2.05) is 12.1 Å². The molecular formula is C16H27N3O. The third-order valence-electron chi connectivity index (χ3n) is 3.77. The second kappa shape index (κ2) is 6.84. The van der Waals surface area contributed by atoms with Gasteiger partial charge in [-0.05, 0) is 45.5 Å². The fourth-order valence-electron chi connectivity index (χ4n) is 2.88. The van der Waals surface area contributed by atoms with Crippen molar-refractivity contribution in [3.8, 4) is 5.75 Å². The average Bonchev–Trinajstić information content (AvgIpc) is 2.85. The Morgan fingerprint density at radius 1 is 1.40 bits per heavy atom. The predicted molar refractivity (Wildman–Crippen MR) is 85.6 cm³/mol. The van der Waals surface area contributed by atoms with E-state index in [4.69, 9.17) is 10.5 Å². The van der Waals surface area contributed by atoms with E-state index < -0.39 is 0 Å². The highest BCUT2D eigenvalue weighted by Gasteiger charge is 2.27. The highest BCUT2D eigenvalue weighted by atomic mass is 16.5. The molecule has 20 heavy (non-hydrogen) atoms. The number of nitrogens with zero attached hydrogens (tertiary/aromatic N) is 2. The number of nitrogens with two attached hydrogens (primary N) is 1. The zero-order valence-electron chi connectivity index (χ0n) is 12.9. The van der Waals surface area contributed by atoms with Gasteiger partial charge < -0.3 is 20.3 Å². The van der Waals surface area contributed by atoms with Crippen LogP contribution in [-0.2, 0) is 0 Å². The number of hydrogen-bond acceptors (Lipinski definition) is 4. The Hall–Kier alpha value is -1.42. The molecule has 1 heterocycles. The van der Waals surface area contributed by atoms with Crippen molar-refractivity contribution in [3.05, 3.63) is 18.2 Å². The number of likely N-dealkylation sites (N-methyl/N-ethyl adjacent to an activating group) is 1. The van der Waals surface area contributed by atoms with Gasteiger partial charge in [-0.25, -0.2) is 0 Å². The molecule has 1 aliphatic heterocycles. The first-order chi connectivity index (χ1) is 9.63. The second-order valence-electron chi connectivity index (χ2n) is 5.79. The van der Waals surface area contributed by atoms with Crippen LogP contribution < -0.4 is 15.4 Å². The maximum absolute atomic E-state index is 6.32. The summed E-state index contributed by atoms with van der Waals surface area (Å²) in [6, 6.07) is 6.67. The fraction of sp³-hybridized carbons (Fsp3) is 0.625. The van der Waals surface area contributed by atoms with E-state index in [0.717, 1.165) is 43.2 Å². The SMILES string of the molecule is CCCOc1cccc(N2CCCC2CN(C)C)c1N. The number of benzene rings is 1.